The van der Waals surface area contributed by atoms with Crippen LogP contribution in [0.4, 0.5) is 8.78 Å². The van der Waals surface area contributed by atoms with Crippen LogP contribution in [0.2, 0.25) is 0 Å². The second-order valence-electron chi connectivity index (χ2n) is 4.99. The molecule has 0 aliphatic carbocycles. The summed E-state index contributed by atoms with van der Waals surface area (Å²) < 4.78 is 31.6. The minimum atomic E-state index is -0.956. The number of amides is 1. The monoisotopic (exact) mass is 321 g/mol. The minimum absolute atomic E-state index is 0.0391. The number of carbonyl (C=O) groups is 1. The number of benzene rings is 2. The summed E-state index contributed by atoms with van der Waals surface area (Å²) in [5, 5.41) is 12.2. The zero-order valence-electron chi connectivity index (χ0n) is 12.3. The SMILES string of the molecule is O=C(Cc1ccccc1F)NC[C@@H](O)COc1cccc(F)c1. The van der Waals surface area contributed by atoms with E-state index in [9.17, 15) is 18.7 Å². The third-order valence-electron chi connectivity index (χ3n) is 3.08. The van der Waals surface area contributed by atoms with E-state index in [1.54, 1.807) is 18.2 Å². The molecular weight excluding hydrogens is 304 g/mol. The van der Waals surface area contributed by atoms with Gasteiger partial charge in [0.2, 0.25) is 5.91 Å². The number of halogens is 2. The summed E-state index contributed by atoms with van der Waals surface area (Å²) in [7, 11) is 0. The molecule has 0 spiro atoms. The Morgan fingerprint density at radius 3 is 2.70 bits per heavy atom. The number of aliphatic hydroxyl groups excluding tert-OH is 1. The topological polar surface area (TPSA) is 58.6 Å². The Morgan fingerprint density at radius 1 is 1.17 bits per heavy atom. The molecule has 23 heavy (non-hydrogen) atoms. The molecule has 2 rings (SSSR count). The number of hydrogen-bond donors (Lipinski definition) is 2. The first-order valence-electron chi connectivity index (χ1n) is 7.11. The Kier molecular flexibility index (Phi) is 6.05. The molecule has 1 atom stereocenters. The van der Waals surface area contributed by atoms with Crippen molar-refractivity contribution in [2.75, 3.05) is 13.2 Å². The molecule has 1 amide bonds. The van der Waals surface area contributed by atoms with E-state index < -0.39 is 23.6 Å². The third kappa shape index (κ3) is 5.67. The maximum absolute atomic E-state index is 13.4. The third-order valence-corrected chi connectivity index (χ3v) is 3.08. The molecule has 6 heteroatoms. The van der Waals surface area contributed by atoms with Gasteiger partial charge in [0.05, 0.1) is 6.42 Å². The molecule has 0 fully saturated rings. The fourth-order valence-corrected chi connectivity index (χ4v) is 1.92. The van der Waals surface area contributed by atoms with E-state index in [0.717, 1.165) is 0 Å². The van der Waals surface area contributed by atoms with Crippen LogP contribution < -0.4 is 10.1 Å². The van der Waals surface area contributed by atoms with Gasteiger partial charge in [0.1, 0.15) is 30.1 Å². The van der Waals surface area contributed by atoms with Crippen molar-refractivity contribution in [1.82, 2.24) is 5.32 Å². The number of nitrogens with one attached hydrogen (secondary N) is 1. The van der Waals surface area contributed by atoms with Crippen molar-refractivity contribution in [1.29, 1.82) is 0 Å². The summed E-state index contributed by atoms with van der Waals surface area (Å²) >= 11 is 0. The van der Waals surface area contributed by atoms with E-state index in [1.165, 1.54) is 30.3 Å². The van der Waals surface area contributed by atoms with Crippen molar-refractivity contribution in [3.63, 3.8) is 0 Å². The number of aliphatic hydroxyl groups is 1. The van der Waals surface area contributed by atoms with Crippen molar-refractivity contribution >= 4 is 5.91 Å². The van der Waals surface area contributed by atoms with Gasteiger partial charge in [0, 0.05) is 12.6 Å². The van der Waals surface area contributed by atoms with Gasteiger partial charge in [0.25, 0.3) is 0 Å². The molecule has 0 saturated carbocycles. The fraction of sp³-hybridized carbons (Fsp3) is 0.235. The van der Waals surface area contributed by atoms with E-state index in [1.807, 2.05) is 0 Å². The fourth-order valence-electron chi connectivity index (χ4n) is 1.92. The van der Waals surface area contributed by atoms with Crippen LogP contribution in [0.5, 0.6) is 5.75 Å². The second kappa shape index (κ2) is 8.24. The van der Waals surface area contributed by atoms with Gasteiger partial charge < -0.3 is 15.2 Å². The standard InChI is InChI=1S/C17H17F2NO3/c18-13-5-3-6-15(9-13)23-11-14(21)10-20-17(22)8-12-4-1-2-7-16(12)19/h1-7,9,14,21H,8,10-11H2,(H,20,22)/t14-/m1/s1. The van der Waals surface area contributed by atoms with E-state index in [4.69, 9.17) is 4.74 Å². The molecule has 2 aromatic carbocycles. The average molecular weight is 321 g/mol. The van der Waals surface area contributed by atoms with Crippen molar-refractivity contribution in [2.45, 2.75) is 12.5 Å². The smallest absolute Gasteiger partial charge is 0.224 e. The molecule has 0 bridgehead atoms. The lowest BCUT2D eigenvalue weighted by Crippen LogP contribution is -2.36. The lowest BCUT2D eigenvalue weighted by Gasteiger charge is -2.13. The molecule has 0 heterocycles. The Hall–Kier alpha value is -2.47. The highest BCUT2D eigenvalue weighted by atomic mass is 19.1. The van der Waals surface area contributed by atoms with E-state index in [2.05, 4.69) is 5.32 Å². The lowest BCUT2D eigenvalue weighted by molar-refractivity contribution is -0.121. The summed E-state index contributed by atoms with van der Waals surface area (Å²) in [6.07, 6.45) is -1.06. The van der Waals surface area contributed by atoms with Crippen LogP contribution >= 0.6 is 0 Å². The van der Waals surface area contributed by atoms with Crippen molar-refractivity contribution in [3.8, 4) is 5.75 Å². The van der Waals surface area contributed by atoms with Crippen LogP contribution in [0.25, 0.3) is 0 Å². The first-order chi connectivity index (χ1) is 11.0. The Bertz CT molecular complexity index is 664. The van der Waals surface area contributed by atoms with Crippen LogP contribution in [0.3, 0.4) is 0 Å². The quantitative estimate of drug-likeness (QED) is 0.821. The van der Waals surface area contributed by atoms with Crippen LogP contribution in [-0.4, -0.2) is 30.3 Å². The predicted octanol–water partition coefficient (Wildman–Crippen LogP) is 2.06. The lowest BCUT2D eigenvalue weighted by atomic mass is 10.1. The highest BCUT2D eigenvalue weighted by Crippen LogP contribution is 2.12. The van der Waals surface area contributed by atoms with Crippen LogP contribution in [0.15, 0.2) is 48.5 Å². The van der Waals surface area contributed by atoms with Gasteiger partial charge in [-0.1, -0.05) is 24.3 Å². The molecule has 122 valence electrons. The highest BCUT2D eigenvalue weighted by Gasteiger charge is 2.11. The van der Waals surface area contributed by atoms with E-state index in [0.29, 0.717) is 5.75 Å². The normalized spacial score (nSPS) is 11.8. The number of rotatable bonds is 7. The number of hydrogen-bond acceptors (Lipinski definition) is 3. The summed E-state index contributed by atoms with van der Waals surface area (Å²) in [5.74, 6) is -0.991. The predicted molar refractivity (Wildman–Crippen MR) is 81.0 cm³/mol. The largest absolute Gasteiger partial charge is 0.491 e. The Labute approximate surface area is 132 Å². The van der Waals surface area contributed by atoms with Gasteiger partial charge in [-0.3, -0.25) is 4.79 Å². The number of carbonyl (C=O) groups excluding carboxylic acids is 1. The second-order valence-corrected chi connectivity index (χ2v) is 4.99. The van der Waals surface area contributed by atoms with Gasteiger partial charge in [-0.05, 0) is 23.8 Å². The summed E-state index contributed by atoms with van der Waals surface area (Å²) in [5.41, 5.74) is 0.288. The molecule has 0 aromatic heterocycles. The summed E-state index contributed by atoms with van der Waals surface area (Å²) in [6, 6.07) is 11.5. The van der Waals surface area contributed by atoms with Gasteiger partial charge in [-0.25, -0.2) is 8.78 Å². The van der Waals surface area contributed by atoms with Gasteiger partial charge >= 0.3 is 0 Å². The van der Waals surface area contributed by atoms with Gasteiger partial charge in [0.15, 0.2) is 0 Å². The zero-order chi connectivity index (χ0) is 16.7. The maximum Gasteiger partial charge on any atom is 0.224 e. The Morgan fingerprint density at radius 2 is 1.96 bits per heavy atom. The molecule has 0 aliphatic heterocycles. The molecule has 0 aliphatic rings. The zero-order valence-corrected chi connectivity index (χ0v) is 12.3. The molecule has 2 aromatic rings. The molecule has 0 saturated heterocycles. The summed E-state index contributed by atoms with van der Waals surface area (Å²) in [4.78, 5) is 11.7. The van der Waals surface area contributed by atoms with Gasteiger partial charge in [-0.15, -0.1) is 0 Å². The average Bonchev–Trinajstić information content (AvgIpc) is 2.53. The molecular formula is C17H17F2NO3. The first kappa shape index (κ1) is 16.9. The van der Waals surface area contributed by atoms with Crippen LogP contribution in [0, 0.1) is 11.6 Å². The van der Waals surface area contributed by atoms with Gasteiger partial charge in [-0.2, -0.15) is 0 Å². The van der Waals surface area contributed by atoms with Crippen molar-refractivity contribution in [2.24, 2.45) is 0 Å². The van der Waals surface area contributed by atoms with E-state index in [-0.39, 0.29) is 25.1 Å². The minimum Gasteiger partial charge on any atom is -0.491 e. The molecule has 0 radical (unpaired) electrons. The summed E-state index contributed by atoms with van der Waals surface area (Å²) in [6.45, 7) is -0.133. The first-order valence-corrected chi connectivity index (χ1v) is 7.11. The maximum atomic E-state index is 13.4. The highest BCUT2D eigenvalue weighted by molar-refractivity contribution is 5.78. The molecule has 0 unspecified atom stereocenters. The molecule has 4 nitrogen and oxygen atoms in total. The number of ether oxygens (including phenoxy) is 1. The van der Waals surface area contributed by atoms with E-state index >= 15 is 0 Å². The Balaban J connectivity index is 1.72. The van der Waals surface area contributed by atoms with Crippen LogP contribution in [-0.2, 0) is 11.2 Å². The molecule has 2 N–H and O–H groups in total. The van der Waals surface area contributed by atoms with Crippen LogP contribution in [0.1, 0.15) is 5.56 Å². The van der Waals surface area contributed by atoms with Crippen molar-refractivity contribution in [3.05, 3.63) is 65.7 Å². The van der Waals surface area contributed by atoms with Crippen molar-refractivity contribution < 1.29 is 23.4 Å².